The molecular formula is C20H30FN6O6P. The van der Waals surface area contributed by atoms with Gasteiger partial charge in [-0.25, -0.2) is 28.5 Å². The Morgan fingerprint density at radius 2 is 2.18 bits per heavy atom. The lowest BCUT2D eigenvalue weighted by atomic mass is 9.93. The number of esters is 1. The number of fused-ring (bicyclic) bond motifs is 2. The summed E-state index contributed by atoms with van der Waals surface area (Å²) in [6.07, 6.45) is 1.15. The SMILES string of the molecule is CCC(CC)COC(=O)[C@H](C)NP1(=O)OC[C@H]2O[C@@H](c3cnc4c(N)ncnn34)[C@](C)(F)[C@@H]2O1. The Morgan fingerprint density at radius 3 is 2.88 bits per heavy atom. The minimum absolute atomic E-state index is 0.135. The summed E-state index contributed by atoms with van der Waals surface area (Å²) >= 11 is 0. The number of imidazole rings is 1. The zero-order chi connectivity index (χ0) is 24.7. The monoisotopic (exact) mass is 500 g/mol. The predicted octanol–water partition coefficient (Wildman–Crippen LogP) is 2.36. The van der Waals surface area contributed by atoms with Gasteiger partial charge in [0.1, 0.15) is 30.7 Å². The van der Waals surface area contributed by atoms with E-state index in [0.29, 0.717) is 5.69 Å². The molecule has 0 amide bonds. The number of aromatic nitrogens is 4. The Labute approximate surface area is 196 Å². The third kappa shape index (κ3) is 4.55. The van der Waals surface area contributed by atoms with Gasteiger partial charge >= 0.3 is 13.7 Å². The van der Waals surface area contributed by atoms with Crippen LogP contribution in [0.1, 0.15) is 52.3 Å². The van der Waals surface area contributed by atoms with Crippen molar-refractivity contribution < 1.29 is 32.3 Å². The molecule has 4 heterocycles. The Balaban J connectivity index is 1.47. The number of nitrogens with zero attached hydrogens (tertiary/aromatic N) is 4. The second-order valence-corrected chi connectivity index (χ2v) is 10.5. The van der Waals surface area contributed by atoms with Gasteiger partial charge < -0.3 is 15.2 Å². The lowest BCUT2D eigenvalue weighted by Crippen LogP contribution is -2.47. The molecule has 0 aliphatic carbocycles. The first-order chi connectivity index (χ1) is 16.1. The molecule has 2 saturated heterocycles. The first-order valence-electron chi connectivity index (χ1n) is 11.3. The zero-order valence-corrected chi connectivity index (χ0v) is 20.4. The number of hydrogen-bond acceptors (Lipinski definition) is 10. The summed E-state index contributed by atoms with van der Waals surface area (Å²) in [7, 11) is -4.03. The van der Waals surface area contributed by atoms with Crippen molar-refractivity contribution in [1.29, 1.82) is 0 Å². The van der Waals surface area contributed by atoms with Crippen LogP contribution in [-0.2, 0) is 27.9 Å². The standard InChI is InChI=1S/C20H30FN6O6P/c1-5-12(6-2)8-30-19(28)11(3)26-34(29)31-9-14-16(33-34)20(4,21)15(32-14)13-7-23-18-17(22)24-10-25-27(13)18/h7,10-12,14-16H,5-6,8-9H2,1-4H3,(H,26,29)(H2,22,24,25)/t11-,14+,15-,16+,20-,34?/m0/s1. The van der Waals surface area contributed by atoms with Gasteiger partial charge in [-0.15, -0.1) is 0 Å². The van der Waals surface area contributed by atoms with E-state index in [0.717, 1.165) is 12.8 Å². The van der Waals surface area contributed by atoms with Crippen molar-refractivity contribution in [3.8, 4) is 0 Å². The van der Waals surface area contributed by atoms with E-state index in [1.807, 2.05) is 13.8 Å². The number of hydrogen-bond donors (Lipinski definition) is 2. The van der Waals surface area contributed by atoms with Crippen LogP contribution in [0.3, 0.4) is 0 Å². The van der Waals surface area contributed by atoms with Crippen LogP contribution in [0.2, 0.25) is 0 Å². The molecule has 0 saturated carbocycles. The summed E-state index contributed by atoms with van der Waals surface area (Å²) in [4.78, 5) is 20.4. The van der Waals surface area contributed by atoms with Gasteiger partial charge in [-0.3, -0.25) is 13.8 Å². The first kappa shape index (κ1) is 24.9. The van der Waals surface area contributed by atoms with Crippen molar-refractivity contribution in [3.05, 3.63) is 18.2 Å². The van der Waals surface area contributed by atoms with Gasteiger partial charge in [0, 0.05) is 0 Å². The molecule has 12 nitrogen and oxygen atoms in total. The van der Waals surface area contributed by atoms with Crippen molar-refractivity contribution >= 4 is 25.2 Å². The van der Waals surface area contributed by atoms with Crippen molar-refractivity contribution in [2.45, 2.75) is 70.6 Å². The molecule has 2 aliphatic heterocycles. The highest BCUT2D eigenvalue weighted by atomic mass is 31.2. The molecule has 0 bridgehead atoms. The molecule has 0 aromatic carbocycles. The number of nitrogen functional groups attached to an aromatic ring is 1. The van der Waals surface area contributed by atoms with E-state index in [9.17, 15) is 9.36 Å². The van der Waals surface area contributed by atoms with Gasteiger partial charge in [0.05, 0.1) is 25.1 Å². The quantitative estimate of drug-likeness (QED) is 0.406. The number of nitrogens with one attached hydrogen (secondary N) is 1. The second kappa shape index (κ2) is 9.46. The van der Waals surface area contributed by atoms with E-state index in [2.05, 4.69) is 20.2 Å². The highest BCUT2D eigenvalue weighted by Crippen LogP contribution is 2.57. The third-order valence-electron chi connectivity index (χ3n) is 6.33. The van der Waals surface area contributed by atoms with Gasteiger partial charge in [0.15, 0.2) is 17.1 Å². The predicted molar refractivity (Wildman–Crippen MR) is 118 cm³/mol. The molecule has 1 unspecified atom stereocenters. The van der Waals surface area contributed by atoms with Crippen molar-refractivity contribution in [2.75, 3.05) is 18.9 Å². The fourth-order valence-corrected chi connectivity index (χ4v) is 5.90. The van der Waals surface area contributed by atoms with Gasteiger partial charge in [0.25, 0.3) is 0 Å². The Bertz CT molecular complexity index is 1090. The smallest absolute Gasteiger partial charge is 0.406 e. The fourth-order valence-electron chi connectivity index (χ4n) is 4.14. The maximum Gasteiger partial charge on any atom is 0.406 e. The summed E-state index contributed by atoms with van der Waals surface area (Å²) in [5.41, 5.74) is 4.25. The molecule has 2 fully saturated rings. The molecule has 3 N–H and O–H groups in total. The molecule has 14 heteroatoms. The van der Waals surface area contributed by atoms with Gasteiger partial charge in [-0.05, 0) is 19.8 Å². The van der Waals surface area contributed by atoms with E-state index >= 15 is 4.39 Å². The average molecular weight is 500 g/mol. The Morgan fingerprint density at radius 1 is 1.44 bits per heavy atom. The number of alkyl halides is 1. The molecular weight excluding hydrogens is 470 g/mol. The fraction of sp³-hybridized carbons (Fsp3) is 0.700. The molecule has 2 aliphatic rings. The minimum atomic E-state index is -4.03. The third-order valence-corrected chi connectivity index (χ3v) is 8.02. The summed E-state index contributed by atoms with van der Waals surface area (Å²) in [6, 6.07) is -0.987. The van der Waals surface area contributed by atoms with Crippen LogP contribution in [0.25, 0.3) is 5.65 Å². The maximum atomic E-state index is 16.1. The average Bonchev–Trinajstić information content (AvgIpc) is 3.33. The van der Waals surface area contributed by atoms with E-state index in [-0.39, 0.29) is 30.6 Å². The molecule has 34 heavy (non-hydrogen) atoms. The number of nitrogens with two attached hydrogens (primary N) is 1. The van der Waals surface area contributed by atoms with E-state index in [1.165, 1.54) is 30.9 Å². The Hall–Kier alpha value is -2.18. The van der Waals surface area contributed by atoms with Crippen LogP contribution in [0.5, 0.6) is 0 Å². The Kier molecular flexibility index (Phi) is 6.94. The number of carbonyl (C=O) groups excluding carboxylic acids is 1. The number of anilines is 1. The highest BCUT2D eigenvalue weighted by molar-refractivity contribution is 7.51. The molecule has 2 aromatic heterocycles. The number of halogens is 1. The van der Waals surface area contributed by atoms with Crippen LogP contribution in [0, 0.1) is 5.92 Å². The topological polar surface area (TPSA) is 152 Å². The molecule has 2 aromatic rings. The molecule has 6 atom stereocenters. The number of ether oxygens (including phenoxy) is 2. The van der Waals surface area contributed by atoms with Crippen LogP contribution in [0.15, 0.2) is 12.5 Å². The normalized spacial score (nSPS) is 32.1. The summed E-state index contributed by atoms with van der Waals surface area (Å²) < 4.78 is 52.8. The lowest BCUT2D eigenvalue weighted by Gasteiger charge is -2.35. The maximum absolute atomic E-state index is 16.1. The van der Waals surface area contributed by atoms with Gasteiger partial charge in [0.2, 0.25) is 0 Å². The van der Waals surface area contributed by atoms with Crippen molar-refractivity contribution in [2.24, 2.45) is 5.92 Å². The highest BCUT2D eigenvalue weighted by Gasteiger charge is 2.61. The van der Waals surface area contributed by atoms with Gasteiger partial charge in [-0.1, -0.05) is 26.7 Å². The number of rotatable bonds is 8. The van der Waals surface area contributed by atoms with Crippen molar-refractivity contribution in [3.63, 3.8) is 0 Å². The van der Waals surface area contributed by atoms with E-state index in [1.54, 1.807) is 0 Å². The zero-order valence-electron chi connectivity index (χ0n) is 19.5. The van der Waals surface area contributed by atoms with E-state index in [4.69, 9.17) is 24.3 Å². The van der Waals surface area contributed by atoms with Crippen molar-refractivity contribution in [1.82, 2.24) is 24.7 Å². The van der Waals surface area contributed by atoms with Crippen LogP contribution in [0.4, 0.5) is 10.2 Å². The largest absolute Gasteiger partial charge is 0.464 e. The molecule has 0 radical (unpaired) electrons. The lowest BCUT2D eigenvalue weighted by molar-refractivity contribution is -0.147. The molecule has 4 rings (SSSR count). The second-order valence-electron chi connectivity index (χ2n) is 8.75. The molecule has 0 spiro atoms. The van der Waals surface area contributed by atoms with Crippen LogP contribution in [-0.4, -0.2) is 62.7 Å². The minimum Gasteiger partial charge on any atom is -0.464 e. The van der Waals surface area contributed by atoms with Gasteiger partial charge in [-0.2, -0.15) is 5.10 Å². The van der Waals surface area contributed by atoms with E-state index < -0.39 is 43.7 Å². The summed E-state index contributed by atoms with van der Waals surface area (Å²) in [5, 5.41) is 6.64. The molecule has 188 valence electrons. The van der Waals surface area contributed by atoms with Crippen LogP contribution < -0.4 is 10.8 Å². The summed E-state index contributed by atoms with van der Waals surface area (Å²) in [6.45, 7) is 6.87. The summed E-state index contributed by atoms with van der Waals surface area (Å²) in [5.74, 6) is -0.214. The van der Waals surface area contributed by atoms with Crippen LogP contribution >= 0.6 is 7.75 Å². The number of carbonyl (C=O) groups is 1. The first-order valence-corrected chi connectivity index (χ1v) is 12.8.